The van der Waals surface area contributed by atoms with E-state index in [0.717, 1.165) is 44.9 Å². The lowest BCUT2D eigenvalue weighted by molar-refractivity contribution is -0.305. The zero-order chi connectivity index (χ0) is 31.7. The minimum Gasteiger partial charge on any atom is -0.462 e. The van der Waals surface area contributed by atoms with Crippen molar-refractivity contribution in [2.75, 3.05) is 19.8 Å². The SMILES string of the molecule is CCCCCCCCCCCCCC(=O)O[C@H](COC(=O)CCCCCCCCC)CO[C@@H]1O[C@H](CO)[C@H](O)C(O)C1O. The summed E-state index contributed by atoms with van der Waals surface area (Å²) in [5.74, 6) is -0.811. The van der Waals surface area contributed by atoms with Crippen molar-refractivity contribution in [2.24, 2.45) is 0 Å². The van der Waals surface area contributed by atoms with Gasteiger partial charge in [0.15, 0.2) is 12.4 Å². The van der Waals surface area contributed by atoms with Crippen molar-refractivity contribution in [1.29, 1.82) is 0 Å². The van der Waals surface area contributed by atoms with Crippen LogP contribution >= 0.6 is 0 Å². The Kier molecular flexibility index (Phi) is 24.0. The van der Waals surface area contributed by atoms with Gasteiger partial charge >= 0.3 is 11.9 Å². The van der Waals surface area contributed by atoms with E-state index in [1.54, 1.807) is 0 Å². The number of hydrogen-bond donors (Lipinski definition) is 4. The van der Waals surface area contributed by atoms with Gasteiger partial charge in [0.1, 0.15) is 31.0 Å². The second-order valence-electron chi connectivity index (χ2n) is 12.0. The standard InChI is InChI=1S/C33H62O10/c1-3-5-7-9-11-12-13-14-16-18-20-22-29(36)42-26(24-40-28(35)21-19-17-15-10-8-6-4-2)25-41-33-32(39)31(38)30(37)27(23-34)43-33/h26-27,30-34,37-39H,3-25H2,1-2H3/t26-,27-,30+,31?,32?,33-/m1/s1. The Balaban J connectivity index is 2.45. The van der Waals surface area contributed by atoms with Crippen LogP contribution in [0.1, 0.15) is 142 Å². The molecule has 1 aliphatic heterocycles. The smallest absolute Gasteiger partial charge is 0.306 e. The summed E-state index contributed by atoms with van der Waals surface area (Å²) in [6, 6.07) is 0. The van der Waals surface area contributed by atoms with Crippen LogP contribution in [0, 0.1) is 0 Å². The fourth-order valence-corrected chi connectivity index (χ4v) is 5.19. The molecular formula is C33H62O10. The van der Waals surface area contributed by atoms with E-state index in [9.17, 15) is 30.0 Å². The molecule has 254 valence electrons. The van der Waals surface area contributed by atoms with Crippen LogP contribution < -0.4 is 0 Å². The quantitative estimate of drug-likeness (QED) is 0.0723. The molecule has 1 fully saturated rings. The number of carbonyl (C=O) groups is 2. The van der Waals surface area contributed by atoms with Gasteiger partial charge in [-0.15, -0.1) is 0 Å². The summed E-state index contributed by atoms with van der Waals surface area (Å²) in [6.45, 7) is 3.34. The molecule has 1 heterocycles. The predicted molar refractivity (Wildman–Crippen MR) is 164 cm³/mol. The molecule has 1 aliphatic rings. The number of carbonyl (C=O) groups excluding carboxylic acids is 2. The lowest BCUT2D eigenvalue weighted by atomic mass is 9.99. The summed E-state index contributed by atoms with van der Waals surface area (Å²) in [6.07, 6.45) is 12.8. The molecule has 10 heteroatoms. The number of unbranched alkanes of at least 4 members (excludes halogenated alkanes) is 16. The van der Waals surface area contributed by atoms with Crippen LogP contribution in [0.2, 0.25) is 0 Å². The Morgan fingerprint density at radius 1 is 0.628 bits per heavy atom. The minimum absolute atomic E-state index is 0.212. The summed E-state index contributed by atoms with van der Waals surface area (Å²) in [7, 11) is 0. The molecule has 0 aromatic carbocycles. The maximum Gasteiger partial charge on any atom is 0.306 e. The van der Waals surface area contributed by atoms with Crippen molar-refractivity contribution in [2.45, 2.75) is 179 Å². The van der Waals surface area contributed by atoms with Gasteiger partial charge < -0.3 is 39.4 Å². The summed E-state index contributed by atoms with van der Waals surface area (Å²) in [5, 5.41) is 39.7. The average Bonchev–Trinajstić information content (AvgIpc) is 3.00. The van der Waals surface area contributed by atoms with E-state index in [1.165, 1.54) is 64.2 Å². The van der Waals surface area contributed by atoms with Gasteiger partial charge in [0.2, 0.25) is 0 Å². The first-order chi connectivity index (χ1) is 20.8. The summed E-state index contributed by atoms with van der Waals surface area (Å²) in [5.41, 5.74) is 0. The Morgan fingerprint density at radius 2 is 1.09 bits per heavy atom. The second kappa shape index (κ2) is 26.0. The number of esters is 2. The zero-order valence-electron chi connectivity index (χ0n) is 27.0. The van der Waals surface area contributed by atoms with Gasteiger partial charge in [-0.05, 0) is 12.8 Å². The molecule has 1 saturated heterocycles. The highest BCUT2D eigenvalue weighted by molar-refractivity contribution is 5.70. The van der Waals surface area contributed by atoms with E-state index in [2.05, 4.69) is 13.8 Å². The predicted octanol–water partition coefficient (Wildman–Crippen LogP) is 5.10. The summed E-state index contributed by atoms with van der Waals surface area (Å²) < 4.78 is 21.9. The first-order valence-electron chi connectivity index (χ1n) is 17.1. The Bertz CT molecular complexity index is 689. The first-order valence-corrected chi connectivity index (χ1v) is 17.1. The van der Waals surface area contributed by atoms with Gasteiger partial charge in [0.25, 0.3) is 0 Å². The number of hydrogen-bond acceptors (Lipinski definition) is 10. The molecule has 0 aliphatic carbocycles. The maximum absolute atomic E-state index is 12.6. The van der Waals surface area contributed by atoms with E-state index >= 15 is 0 Å². The number of aliphatic hydroxyl groups is 4. The number of rotatable bonds is 27. The molecule has 43 heavy (non-hydrogen) atoms. The van der Waals surface area contributed by atoms with Crippen LogP contribution in [-0.2, 0) is 28.5 Å². The van der Waals surface area contributed by atoms with E-state index in [0.29, 0.717) is 6.42 Å². The third-order valence-electron chi connectivity index (χ3n) is 7.99. The molecule has 0 amide bonds. The molecular weight excluding hydrogens is 556 g/mol. The monoisotopic (exact) mass is 618 g/mol. The van der Waals surface area contributed by atoms with Crippen LogP contribution in [0.15, 0.2) is 0 Å². The highest BCUT2D eigenvalue weighted by Gasteiger charge is 2.44. The highest BCUT2D eigenvalue weighted by Crippen LogP contribution is 2.22. The third-order valence-corrected chi connectivity index (χ3v) is 7.99. The fraction of sp³-hybridized carbons (Fsp3) is 0.939. The second-order valence-corrected chi connectivity index (χ2v) is 12.0. The Hall–Kier alpha value is -1.30. The molecule has 2 unspecified atom stereocenters. The number of aliphatic hydroxyl groups excluding tert-OH is 4. The molecule has 0 spiro atoms. The molecule has 0 aromatic rings. The van der Waals surface area contributed by atoms with E-state index in [4.69, 9.17) is 18.9 Å². The highest BCUT2D eigenvalue weighted by atomic mass is 16.7. The van der Waals surface area contributed by atoms with Crippen molar-refractivity contribution in [3.8, 4) is 0 Å². The molecule has 0 aromatic heterocycles. The van der Waals surface area contributed by atoms with Gasteiger partial charge in [0.05, 0.1) is 13.2 Å². The largest absolute Gasteiger partial charge is 0.462 e. The third kappa shape index (κ3) is 19.0. The van der Waals surface area contributed by atoms with E-state index in [1.807, 2.05) is 0 Å². The summed E-state index contributed by atoms with van der Waals surface area (Å²) >= 11 is 0. The Labute approximate surface area is 259 Å². The van der Waals surface area contributed by atoms with Crippen LogP contribution in [0.5, 0.6) is 0 Å². The molecule has 0 radical (unpaired) electrons. The van der Waals surface area contributed by atoms with Crippen LogP contribution in [0.25, 0.3) is 0 Å². The molecule has 1 rings (SSSR count). The summed E-state index contributed by atoms with van der Waals surface area (Å²) in [4.78, 5) is 24.9. The van der Waals surface area contributed by atoms with Gasteiger partial charge in [-0.25, -0.2) is 0 Å². The lowest BCUT2D eigenvalue weighted by Crippen LogP contribution is -2.59. The van der Waals surface area contributed by atoms with Crippen LogP contribution in [-0.4, -0.2) is 89.0 Å². The molecule has 0 bridgehead atoms. The van der Waals surface area contributed by atoms with Gasteiger partial charge in [-0.2, -0.15) is 0 Å². The van der Waals surface area contributed by atoms with Crippen molar-refractivity contribution < 1.29 is 49.0 Å². The molecule has 0 saturated carbocycles. The minimum atomic E-state index is -1.59. The van der Waals surface area contributed by atoms with E-state index in [-0.39, 0.29) is 32.0 Å². The molecule has 4 N–H and O–H groups in total. The molecule has 6 atom stereocenters. The number of ether oxygens (including phenoxy) is 4. The molecule has 10 nitrogen and oxygen atoms in total. The van der Waals surface area contributed by atoms with Crippen molar-refractivity contribution in [1.82, 2.24) is 0 Å². The Morgan fingerprint density at radius 3 is 1.58 bits per heavy atom. The lowest BCUT2D eigenvalue weighted by Gasteiger charge is -2.39. The van der Waals surface area contributed by atoms with Crippen molar-refractivity contribution >= 4 is 11.9 Å². The average molecular weight is 619 g/mol. The van der Waals surface area contributed by atoms with Crippen molar-refractivity contribution in [3.63, 3.8) is 0 Å². The van der Waals surface area contributed by atoms with E-state index < -0.39 is 49.4 Å². The first kappa shape index (κ1) is 39.7. The zero-order valence-corrected chi connectivity index (χ0v) is 27.0. The maximum atomic E-state index is 12.6. The van der Waals surface area contributed by atoms with Crippen LogP contribution in [0.4, 0.5) is 0 Å². The topological polar surface area (TPSA) is 152 Å². The van der Waals surface area contributed by atoms with Crippen molar-refractivity contribution in [3.05, 3.63) is 0 Å². The normalized spacial score (nSPS) is 22.8. The van der Waals surface area contributed by atoms with Gasteiger partial charge in [-0.1, -0.05) is 117 Å². The fourth-order valence-electron chi connectivity index (χ4n) is 5.19. The van der Waals surface area contributed by atoms with Crippen LogP contribution in [0.3, 0.4) is 0 Å². The van der Waals surface area contributed by atoms with Gasteiger partial charge in [0, 0.05) is 12.8 Å². The van der Waals surface area contributed by atoms with Gasteiger partial charge in [-0.3, -0.25) is 9.59 Å².